The van der Waals surface area contributed by atoms with Crippen molar-refractivity contribution in [1.29, 1.82) is 0 Å². The molecule has 35 heavy (non-hydrogen) atoms. The monoisotopic (exact) mass is 467 g/mol. The van der Waals surface area contributed by atoms with Gasteiger partial charge in [0.1, 0.15) is 13.2 Å². The van der Waals surface area contributed by atoms with Crippen molar-refractivity contribution in [2.45, 2.75) is 51.2 Å². The maximum atomic E-state index is 11.8. The summed E-state index contributed by atoms with van der Waals surface area (Å²) in [7, 11) is 0. The Bertz CT molecular complexity index is 1380. The minimum atomic E-state index is -0.900. The second-order valence-corrected chi connectivity index (χ2v) is 9.54. The zero-order chi connectivity index (χ0) is 23.8. The van der Waals surface area contributed by atoms with Gasteiger partial charge in [-0.1, -0.05) is 61.7 Å². The molecule has 1 fully saturated rings. The van der Waals surface area contributed by atoms with Gasteiger partial charge >= 0.3 is 5.97 Å². The highest BCUT2D eigenvalue weighted by molar-refractivity contribution is 5.99. The Hall–Kier alpha value is -3.73. The zero-order valence-electron chi connectivity index (χ0n) is 19.7. The number of nitrogens with zero attached hydrogens (tertiary/aromatic N) is 1. The molecule has 2 aliphatic rings. The molecule has 1 aliphatic heterocycles. The summed E-state index contributed by atoms with van der Waals surface area (Å²) in [5.41, 5.74) is 5.93. The standard InChI is InChI=1S/C30H29NO4/c32-30(33)22-14-15-23-25(18-22)31-16-17-34-29-24(28(31)27(23)21-10-5-2-6-11-21)12-7-13-26(29)35-19-20-8-3-1-4-9-20/h1,3-4,7-9,12-15,18,21H,2,5-6,10-11,16-17,19H2,(H,32,33). The molecule has 4 aromatic rings. The molecule has 1 aliphatic carbocycles. The molecule has 1 N–H and O–H groups in total. The summed E-state index contributed by atoms with van der Waals surface area (Å²) in [6.07, 6.45) is 6.06. The van der Waals surface area contributed by atoms with Crippen LogP contribution in [0.1, 0.15) is 59.5 Å². The number of hydrogen-bond donors (Lipinski definition) is 1. The molecule has 0 radical (unpaired) electrons. The normalized spacial score (nSPS) is 15.7. The van der Waals surface area contributed by atoms with E-state index in [2.05, 4.69) is 22.8 Å². The molecular weight excluding hydrogens is 438 g/mol. The zero-order valence-corrected chi connectivity index (χ0v) is 19.7. The van der Waals surface area contributed by atoms with Crippen molar-refractivity contribution in [2.75, 3.05) is 6.61 Å². The van der Waals surface area contributed by atoms with Gasteiger partial charge in [0.05, 0.1) is 17.8 Å². The summed E-state index contributed by atoms with van der Waals surface area (Å²) >= 11 is 0. The van der Waals surface area contributed by atoms with E-state index in [4.69, 9.17) is 9.47 Å². The van der Waals surface area contributed by atoms with Crippen LogP contribution in [-0.4, -0.2) is 22.2 Å². The average Bonchev–Trinajstić information content (AvgIpc) is 3.09. The van der Waals surface area contributed by atoms with E-state index in [1.807, 2.05) is 42.5 Å². The van der Waals surface area contributed by atoms with Gasteiger partial charge in [-0.2, -0.15) is 0 Å². The number of carbonyl (C=O) groups is 1. The Morgan fingerprint density at radius 2 is 1.83 bits per heavy atom. The number of ether oxygens (including phenoxy) is 2. The molecule has 0 saturated heterocycles. The maximum Gasteiger partial charge on any atom is 0.335 e. The number of carboxylic acid groups (broad SMARTS) is 1. The van der Waals surface area contributed by atoms with Crippen LogP contribution in [0.4, 0.5) is 0 Å². The Kier molecular flexibility index (Phi) is 5.69. The molecule has 0 amide bonds. The minimum absolute atomic E-state index is 0.318. The molecule has 178 valence electrons. The summed E-state index contributed by atoms with van der Waals surface area (Å²) in [4.78, 5) is 11.8. The van der Waals surface area contributed by atoms with Crippen molar-refractivity contribution in [3.05, 3.63) is 83.4 Å². The van der Waals surface area contributed by atoms with E-state index in [0.717, 1.165) is 46.7 Å². The lowest BCUT2D eigenvalue weighted by Gasteiger charge is -2.24. The third-order valence-electron chi connectivity index (χ3n) is 7.40. The number of para-hydroxylation sites is 1. The molecule has 6 rings (SSSR count). The number of hydrogen-bond acceptors (Lipinski definition) is 3. The van der Waals surface area contributed by atoms with Crippen LogP contribution >= 0.6 is 0 Å². The molecular formula is C30H29NO4. The van der Waals surface area contributed by atoms with Gasteiger partial charge in [0, 0.05) is 16.5 Å². The first-order chi connectivity index (χ1) is 17.2. The van der Waals surface area contributed by atoms with Gasteiger partial charge in [0.25, 0.3) is 0 Å². The highest BCUT2D eigenvalue weighted by Gasteiger charge is 2.30. The van der Waals surface area contributed by atoms with E-state index in [1.165, 1.54) is 30.2 Å². The fourth-order valence-electron chi connectivity index (χ4n) is 5.78. The summed E-state index contributed by atoms with van der Waals surface area (Å²) in [5.74, 6) is 1.08. The van der Waals surface area contributed by atoms with Gasteiger partial charge in [-0.15, -0.1) is 0 Å². The number of aromatic carboxylic acids is 1. The van der Waals surface area contributed by atoms with Crippen molar-refractivity contribution in [3.8, 4) is 22.8 Å². The topological polar surface area (TPSA) is 60.7 Å². The summed E-state index contributed by atoms with van der Waals surface area (Å²) in [6, 6.07) is 21.9. The molecule has 1 saturated carbocycles. The lowest BCUT2D eigenvalue weighted by atomic mass is 9.81. The Morgan fingerprint density at radius 1 is 1.00 bits per heavy atom. The van der Waals surface area contributed by atoms with Crippen molar-refractivity contribution < 1.29 is 19.4 Å². The summed E-state index contributed by atoms with van der Waals surface area (Å²) in [5, 5.41) is 10.8. The van der Waals surface area contributed by atoms with Crippen molar-refractivity contribution >= 4 is 16.9 Å². The van der Waals surface area contributed by atoms with Gasteiger partial charge in [0.15, 0.2) is 11.5 Å². The van der Waals surface area contributed by atoms with Gasteiger partial charge in [0.2, 0.25) is 0 Å². The molecule has 0 unspecified atom stereocenters. The second kappa shape index (κ2) is 9.14. The minimum Gasteiger partial charge on any atom is -0.487 e. The van der Waals surface area contributed by atoms with Crippen LogP contribution in [0, 0.1) is 0 Å². The van der Waals surface area contributed by atoms with Crippen LogP contribution in [0.25, 0.3) is 22.2 Å². The fraction of sp³-hybridized carbons (Fsp3) is 0.300. The summed E-state index contributed by atoms with van der Waals surface area (Å²) in [6.45, 7) is 1.63. The molecule has 1 aromatic heterocycles. The molecule has 2 heterocycles. The molecule has 0 spiro atoms. The second-order valence-electron chi connectivity index (χ2n) is 9.54. The number of benzene rings is 3. The van der Waals surface area contributed by atoms with Gasteiger partial charge in [-0.3, -0.25) is 0 Å². The van der Waals surface area contributed by atoms with Gasteiger partial charge in [-0.25, -0.2) is 4.79 Å². The van der Waals surface area contributed by atoms with E-state index in [1.54, 1.807) is 6.07 Å². The first-order valence-electron chi connectivity index (χ1n) is 12.5. The highest BCUT2D eigenvalue weighted by Crippen LogP contribution is 2.49. The quantitative estimate of drug-likeness (QED) is 0.342. The van der Waals surface area contributed by atoms with E-state index in [-0.39, 0.29) is 0 Å². The Balaban J connectivity index is 1.52. The average molecular weight is 468 g/mol. The molecule has 0 bridgehead atoms. The number of carboxylic acids is 1. The SMILES string of the molecule is O=C(O)c1ccc2c(C3CCCCC3)c3n(c2c1)CCOc1c(OCc2ccccc2)cccc1-3. The number of fused-ring (bicyclic) bond motifs is 5. The maximum absolute atomic E-state index is 11.8. The number of rotatable bonds is 5. The van der Waals surface area contributed by atoms with E-state index in [0.29, 0.717) is 31.2 Å². The first-order valence-corrected chi connectivity index (χ1v) is 12.5. The smallest absolute Gasteiger partial charge is 0.335 e. The third kappa shape index (κ3) is 3.95. The predicted molar refractivity (Wildman–Crippen MR) is 136 cm³/mol. The fourth-order valence-corrected chi connectivity index (χ4v) is 5.78. The van der Waals surface area contributed by atoms with Crippen LogP contribution in [0.3, 0.4) is 0 Å². The van der Waals surface area contributed by atoms with Crippen LogP contribution in [0.15, 0.2) is 66.7 Å². The van der Waals surface area contributed by atoms with Crippen LogP contribution in [0.2, 0.25) is 0 Å². The number of aromatic nitrogens is 1. The summed E-state index contributed by atoms with van der Waals surface area (Å²) < 4.78 is 14.9. The van der Waals surface area contributed by atoms with E-state index < -0.39 is 5.97 Å². The van der Waals surface area contributed by atoms with Gasteiger partial charge < -0.3 is 19.1 Å². The molecule has 0 atom stereocenters. The molecule has 3 aromatic carbocycles. The van der Waals surface area contributed by atoms with Crippen molar-refractivity contribution in [2.24, 2.45) is 0 Å². The lowest BCUT2D eigenvalue weighted by molar-refractivity contribution is 0.0697. The van der Waals surface area contributed by atoms with Crippen LogP contribution < -0.4 is 9.47 Å². The van der Waals surface area contributed by atoms with E-state index in [9.17, 15) is 9.90 Å². The van der Waals surface area contributed by atoms with E-state index >= 15 is 0 Å². The van der Waals surface area contributed by atoms with Crippen LogP contribution in [0.5, 0.6) is 11.5 Å². The Morgan fingerprint density at radius 3 is 2.63 bits per heavy atom. The van der Waals surface area contributed by atoms with Crippen molar-refractivity contribution in [3.63, 3.8) is 0 Å². The van der Waals surface area contributed by atoms with Crippen molar-refractivity contribution in [1.82, 2.24) is 4.57 Å². The van der Waals surface area contributed by atoms with Crippen LogP contribution in [-0.2, 0) is 13.2 Å². The largest absolute Gasteiger partial charge is 0.487 e. The third-order valence-corrected chi connectivity index (χ3v) is 7.40. The van der Waals surface area contributed by atoms with Gasteiger partial charge in [-0.05, 0) is 54.2 Å². The highest BCUT2D eigenvalue weighted by atomic mass is 16.5. The molecule has 5 nitrogen and oxygen atoms in total. The molecule has 5 heteroatoms. The first kappa shape index (κ1) is 21.8. The lowest BCUT2D eigenvalue weighted by Crippen LogP contribution is -2.07. The predicted octanol–water partition coefficient (Wildman–Crippen LogP) is 7.03. The Labute approximate surface area is 204 Å².